The van der Waals surface area contributed by atoms with Crippen LogP contribution in [0, 0.1) is 6.92 Å². The van der Waals surface area contributed by atoms with E-state index < -0.39 is 11.9 Å². The van der Waals surface area contributed by atoms with Gasteiger partial charge in [-0.25, -0.2) is 9.78 Å². The maximum Gasteiger partial charge on any atom is 0.371 e. The lowest BCUT2D eigenvalue weighted by atomic mass is 10.2. The minimum Gasteiger partial charge on any atom is -0.475 e. The molecule has 0 bridgehead atoms. The van der Waals surface area contributed by atoms with Crippen LogP contribution >= 0.6 is 11.3 Å². The summed E-state index contributed by atoms with van der Waals surface area (Å²) in [6.07, 6.45) is 0.487. The Morgan fingerprint density at radius 1 is 1.40 bits per heavy atom. The highest BCUT2D eigenvalue weighted by atomic mass is 32.1. The number of aromatic carboxylic acids is 1. The molecule has 0 saturated carbocycles. The summed E-state index contributed by atoms with van der Waals surface area (Å²) < 4.78 is 6.66. The number of amides is 1. The highest BCUT2D eigenvalue weighted by Crippen LogP contribution is 2.27. The Kier molecular flexibility index (Phi) is 4.17. The predicted octanol–water partition coefficient (Wildman–Crippen LogP) is 1.77. The molecule has 0 saturated heterocycles. The summed E-state index contributed by atoms with van der Waals surface area (Å²) in [6.45, 7) is 3.57. The van der Waals surface area contributed by atoms with E-state index in [2.05, 4.69) is 4.98 Å². The van der Waals surface area contributed by atoms with E-state index in [4.69, 9.17) is 15.3 Å². The smallest absolute Gasteiger partial charge is 0.371 e. The monoisotopic (exact) mass is 361 g/mol. The Bertz CT molecular complexity index is 1060. The average Bonchev–Trinajstić information content (AvgIpc) is 3.15. The van der Waals surface area contributed by atoms with Gasteiger partial charge in [0.1, 0.15) is 16.4 Å². The molecule has 0 unspecified atom stereocenters. The van der Waals surface area contributed by atoms with Crippen molar-refractivity contribution in [3.63, 3.8) is 0 Å². The van der Waals surface area contributed by atoms with E-state index in [1.807, 2.05) is 6.92 Å². The predicted molar refractivity (Wildman–Crippen MR) is 91.3 cm³/mol. The molecule has 1 amide bonds. The third-order valence-electron chi connectivity index (χ3n) is 3.86. The fourth-order valence-corrected chi connectivity index (χ4v) is 3.70. The van der Waals surface area contributed by atoms with Crippen LogP contribution in [0.4, 0.5) is 0 Å². The van der Waals surface area contributed by atoms with Crippen molar-refractivity contribution in [1.82, 2.24) is 9.55 Å². The van der Waals surface area contributed by atoms with Gasteiger partial charge >= 0.3 is 5.97 Å². The number of nitrogens with zero attached hydrogens (tertiary/aromatic N) is 2. The van der Waals surface area contributed by atoms with Crippen LogP contribution in [-0.2, 0) is 13.0 Å². The Balaban J connectivity index is 2.17. The van der Waals surface area contributed by atoms with Gasteiger partial charge in [0.2, 0.25) is 5.76 Å². The number of fused-ring (bicyclic) bond motifs is 1. The van der Waals surface area contributed by atoms with E-state index in [-0.39, 0.29) is 17.9 Å². The number of primary amides is 1. The standard InChI is InChI=1S/C16H15N3O5S/c1-3-10-18-14-11(7(2)12(25-14)13(17)20)15(21)19(10)6-8-4-5-9(24-8)16(22)23/h4-5H,3,6H2,1-2H3,(H2,17,20)(H,22,23). The van der Waals surface area contributed by atoms with Crippen molar-refractivity contribution in [3.8, 4) is 0 Å². The number of carboxylic acid groups (broad SMARTS) is 1. The number of aryl methyl sites for hydroxylation is 2. The summed E-state index contributed by atoms with van der Waals surface area (Å²) in [7, 11) is 0. The average molecular weight is 361 g/mol. The summed E-state index contributed by atoms with van der Waals surface area (Å²) in [5.41, 5.74) is 5.55. The van der Waals surface area contributed by atoms with Crippen molar-refractivity contribution in [3.05, 3.63) is 50.3 Å². The number of nitrogens with two attached hydrogens (primary N) is 1. The first-order valence-electron chi connectivity index (χ1n) is 7.48. The number of carbonyl (C=O) groups is 2. The lowest BCUT2D eigenvalue weighted by Crippen LogP contribution is -2.25. The van der Waals surface area contributed by atoms with E-state index in [0.717, 1.165) is 11.3 Å². The topological polar surface area (TPSA) is 128 Å². The van der Waals surface area contributed by atoms with Gasteiger partial charge in [0.15, 0.2) is 0 Å². The van der Waals surface area contributed by atoms with Crippen LogP contribution in [0.5, 0.6) is 0 Å². The van der Waals surface area contributed by atoms with Gasteiger partial charge < -0.3 is 15.3 Å². The van der Waals surface area contributed by atoms with Crippen LogP contribution in [-0.4, -0.2) is 26.5 Å². The molecular formula is C16H15N3O5S. The number of thiophene rings is 1. The molecule has 3 aromatic rings. The number of aromatic nitrogens is 2. The number of hydrogen-bond donors (Lipinski definition) is 2. The summed E-state index contributed by atoms with van der Waals surface area (Å²) in [5, 5.41) is 9.28. The molecule has 8 nitrogen and oxygen atoms in total. The summed E-state index contributed by atoms with van der Waals surface area (Å²) >= 11 is 1.10. The van der Waals surface area contributed by atoms with Crippen molar-refractivity contribution in [2.24, 2.45) is 5.73 Å². The molecule has 0 spiro atoms. The van der Waals surface area contributed by atoms with Crippen molar-refractivity contribution in [1.29, 1.82) is 0 Å². The van der Waals surface area contributed by atoms with Crippen LogP contribution in [0.2, 0.25) is 0 Å². The molecule has 0 fully saturated rings. The molecule has 3 heterocycles. The Morgan fingerprint density at radius 3 is 2.68 bits per heavy atom. The van der Waals surface area contributed by atoms with Crippen LogP contribution in [0.25, 0.3) is 10.2 Å². The van der Waals surface area contributed by atoms with Gasteiger partial charge in [0, 0.05) is 6.42 Å². The number of rotatable bonds is 5. The van der Waals surface area contributed by atoms with Gasteiger partial charge in [-0.15, -0.1) is 11.3 Å². The fourth-order valence-electron chi connectivity index (χ4n) is 2.66. The first-order chi connectivity index (χ1) is 11.8. The van der Waals surface area contributed by atoms with Crippen LogP contribution in [0.15, 0.2) is 21.3 Å². The first kappa shape index (κ1) is 16.9. The number of carboxylic acids is 1. The Hall–Kier alpha value is -2.94. The minimum absolute atomic E-state index is 0.0550. The highest BCUT2D eigenvalue weighted by Gasteiger charge is 2.20. The zero-order valence-corrected chi connectivity index (χ0v) is 14.3. The van der Waals surface area contributed by atoms with Crippen LogP contribution in [0.3, 0.4) is 0 Å². The normalized spacial score (nSPS) is 11.1. The van der Waals surface area contributed by atoms with Gasteiger partial charge in [-0.05, 0) is 24.6 Å². The molecular weight excluding hydrogens is 346 g/mol. The lowest BCUT2D eigenvalue weighted by Gasteiger charge is -2.09. The highest BCUT2D eigenvalue weighted by molar-refractivity contribution is 7.20. The molecule has 0 atom stereocenters. The molecule has 3 N–H and O–H groups in total. The first-order valence-corrected chi connectivity index (χ1v) is 8.29. The molecule has 3 rings (SSSR count). The maximum atomic E-state index is 12.9. The number of furan rings is 1. The summed E-state index contributed by atoms with van der Waals surface area (Å²) in [4.78, 5) is 40.6. The van der Waals surface area contributed by atoms with Crippen molar-refractivity contribution in [2.75, 3.05) is 0 Å². The lowest BCUT2D eigenvalue weighted by molar-refractivity contribution is 0.0660. The van der Waals surface area contributed by atoms with Crippen LogP contribution < -0.4 is 11.3 Å². The van der Waals surface area contributed by atoms with Gasteiger partial charge in [0.05, 0.1) is 16.8 Å². The van der Waals surface area contributed by atoms with E-state index in [0.29, 0.717) is 38.7 Å². The molecule has 0 aromatic carbocycles. The molecule has 0 aliphatic heterocycles. The zero-order chi connectivity index (χ0) is 18.3. The summed E-state index contributed by atoms with van der Waals surface area (Å²) in [6, 6.07) is 2.84. The van der Waals surface area contributed by atoms with Crippen molar-refractivity contribution < 1.29 is 19.1 Å². The molecule has 0 aliphatic rings. The second-order valence-corrected chi connectivity index (χ2v) is 6.44. The van der Waals surface area contributed by atoms with E-state index in [1.165, 1.54) is 16.7 Å². The van der Waals surface area contributed by atoms with Gasteiger partial charge in [-0.3, -0.25) is 14.2 Å². The number of carbonyl (C=O) groups excluding carboxylic acids is 1. The zero-order valence-electron chi connectivity index (χ0n) is 13.5. The van der Waals surface area contributed by atoms with Gasteiger partial charge in [-0.1, -0.05) is 6.92 Å². The van der Waals surface area contributed by atoms with E-state index in [9.17, 15) is 14.4 Å². The van der Waals surface area contributed by atoms with Crippen molar-refractivity contribution >= 4 is 33.4 Å². The Morgan fingerprint density at radius 2 is 2.12 bits per heavy atom. The third kappa shape index (κ3) is 2.82. The summed E-state index contributed by atoms with van der Waals surface area (Å²) in [5.74, 6) is -1.12. The molecule has 130 valence electrons. The molecule has 25 heavy (non-hydrogen) atoms. The SMILES string of the molecule is CCc1nc2sc(C(N)=O)c(C)c2c(=O)n1Cc1ccc(C(=O)O)o1. The molecule has 0 aliphatic carbocycles. The Labute approximate surface area is 145 Å². The second kappa shape index (κ2) is 6.17. The van der Waals surface area contributed by atoms with E-state index in [1.54, 1.807) is 6.92 Å². The molecule has 9 heteroatoms. The van der Waals surface area contributed by atoms with Crippen molar-refractivity contribution in [2.45, 2.75) is 26.8 Å². The third-order valence-corrected chi connectivity index (χ3v) is 5.06. The van der Waals surface area contributed by atoms with Gasteiger partial charge in [-0.2, -0.15) is 0 Å². The number of hydrogen-bond acceptors (Lipinski definition) is 6. The quantitative estimate of drug-likeness (QED) is 0.712. The fraction of sp³-hybridized carbons (Fsp3) is 0.250. The molecule has 0 radical (unpaired) electrons. The van der Waals surface area contributed by atoms with Crippen LogP contribution in [0.1, 0.15) is 44.3 Å². The second-order valence-electron chi connectivity index (χ2n) is 5.44. The van der Waals surface area contributed by atoms with E-state index >= 15 is 0 Å². The molecule has 3 aromatic heterocycles. The largest absolute Gasteiger partial charge is 0.475 e. The minimum atomic E-state index is -1.18. The maximum absolute atomic E-state index is 12.9. The van der Waals surface area contributed by atoms with Gasteiger partial charge in [0.25, 0.3) is 11.5 Å².